The normalized spacial score (nSPS) is 20.8. The van der Waals surface area contributed by atoms with Crippen LogP contribution in [0.3, 0.4) is 0 Å². The lowest BCUT2D eigenvalue weighted by molar-refractivity contribution is 0.113. The number of rotatable bonds is 5. The van der Waals surface area contributed by atoms with Crippen LogP contribution >= 0.6 is 0 Å². The van der Waals surface area contributed by atoms with E-state index in [4.69, 9.17) is 5.73 Å². The van der Waals surface area contributed by atoms with Gasteiger partial charge in [0.25, 0.3) is 0 Å². The molecule has 1 saturated heterocycles. The highest BCUT2D eigenvalue weighted by atomic mass is 15.2. The minimum absolute atomic E-state index is 0.232. The minimum atomic E-state index is 0.232. The number of hydrogen-bond donors (Lipinski definition) is 1. The van der Waals surface area contributed by atoms with Gasteiger partial charge in [-0.1, -0.05) is 50.1 Å². The van der Waals surface area contributed by atoms with Crippen LogP contribution in [0.15, 0.2) is 24.3 Å². The quantitative estimate of drug-likeness (QED) is 0.882. The number of aryl methyl sites for hydroxylation is 1. The molecule has 20 heavy (non-hydrogen) atoms. The first-order valence-corrected chi connectivity index (χ1v) is 8.21. The van der Waals surface area contributed by atoms with Crippen molar-refractivity contribution >= 4 is 0 Å². The topological polar surface area (TPSA) is 29.3 Å². The predicted octanol–water partition coefficient (Wildman–Crippen LogP) is 3.90. The van der Waals surface area contributed by atoms with Crippen LogP contribution in [0, 0.1) is 12.8 Å². The third-order valence-electron chi connectivity index (χ3n) is 4.92. The number of piperidine rings is 1. The number of benzene rings is 1. The zero-order valence-corrected chi connectivity index (χ0v) is 13.3. The molecule has 1 aliphatic heterocycles. The summed E-state index contributed by atoms with van der Waals surface area (Å²) in [6.07, 6.45) is 5.01. The van der Waals surface area contributed by atoms with E-state index in [1.807, 2.05) is 0 Å². The van der Waals surface area contributed by atoms with Crippen molar-refractivity contribution in [3.8, 4) is 0 Å². The fourth-order valence-electron chi connectivity index (χ4n) is 3.36. The zero-order chi connectivity index (χ0) is 14.5. The summed E-state index contributed by atoms with van der Waals surface area (Å²) in [4.78, 5) is 2.62. The summed E-state index contributed by atoms with van der Waals surface area (Å²) >= 11 is 0. The van der Waals surface area contributed by atoms with Gasteiger partial charge in [0.2, 0.25) is 0 Å². The first kappa shape index (κ1) is 15.5. The molecule has 1 heterocycles. The molecule has 0 bridgehead atoms. The van der Waals surface area contributed by atoms with Crippen molar-refractivity contribution in [3.63, 3.8) is 0 Å². The van der Waals surface area contributed by atoms with E-state index >= 15 is 0 Å². The Morgan fingerprint density at radius 2 is 1.75 bits per heavy atom. The Hall–Kier alpha value is -0.860. The molecule has 1 aromatic rings. The van der Waals surface area contributed by atoms with Gasteiger partial charge in [0.15, 0.2) is 0 Å². The largest absolute Gasteiger partial charge is 0.326 e. The first-order valence-electron chi connectivity index (χ1n) is 8.21. The number of nitrogens with zero attached hydrogens (tertiary/aromatic N) is 1. The fraction of sp³-hybridized carbons (Fsp3) is 0.667. The molecular weight excluding hydrogens is 244 g/mol. The Bertz CT molecular complexity index is 390. The summed E-state index contributed by atoms with van der Waals surface area (Å²) in [5.41, 5.74) is 9.15. The van der Waals surface area contributed by atoms with E-state index < -0.39 is 0 Å². The lowest BCUT2D eigenvalue weighted by atomic mass is 9.89. The number of likely N-dealkylation sites (tertiary alicyclic amines) is 1. The van der Waals surface area contributed by atoms with E-state index in [-0.39, 0.29) is 6.04 Å². The maximum atomic E-state index is 6.44. The van der Waals surface area contributed by atoms with Crippen molar-refractivity contribution in [1.82, 2.24) is 4.90 Å². The maximum absolute atomic E-state index is 6.44. The van der Waals surface area contributed by atoms with E-state index in [1.165, 1.54) is 43.5 Å². The molecule has 0 saturated carbocycles. The molecule has 1 fully saturated rings. The van der Waals surface area contributed by atoms with E-state index in [0.717, 1.165) is 12.3 Å². The molecule has 1 aliphatic rings. The van der Waals surface area contributed by atoms with E-state index in [1.54, 1.807) is 0 Å². The highest BCUT2D eigenvalue weighted by molar-refractivity contribution is 5.25. The molecule has 2 N–H and O–H groups in total. The monoisotopic (exact) mass is 274 g/mol. The summed E-state index contributed by atoms with van der Waals surface area (Å²) in [5, 5.41) is 0. The molecule has 0 aromatic heterocycles. The molecule has 0 amide bonds. The average Bonchev–Trinajstić information content (AvgIpc) is 2.50. The Morgan fingerprint density at radius 1 is 1.15 bits per heavy atom. The van der Waals surface area contributed by atoms with Crippen molar-refractivity contribution in [2.24, 2.45) is 11.7 Å². The smallest absolute Gasteiger partial charge is 0.0499 e. The van der Waals surface area contributed by atoms with Crippen LogP contribution in [0.2, 0.25) is 0 Å². The SMILES string of the molecule is CCC1CCN(C(c2ccc(C)cc2)C(N)CC)CC1. The van der Waals surface area contributed by atoms with E-state index in [9.17, 15) is 0 Å². The van der Waals surface area contributed by atoms with Gasteiger partial charge in [0, 0.05) is 12.1 Å². The first-order chi connectivity index (χ1) is 9.65. The second-order valence-corrected chi connectivity index (χ2v) is 6.32. The molecule has 0 spiro atoms. The van der Waals surface area contributed by atoms with Gasteiger partial charge >= 0.3 is 0 Å². The van der Waals surface area contributed by atoms with Crippen molar-refractivity contribution in [2.75, 3.05) is 13.1 Å². The van der Waals surface area contributed by atoms with Crippen molar-refractivity contribution in [3.05, 3.63) is 35.4 Å². The van der Waals surface area contributed by atoms with Gasteiger partial charge in [-0.15, -0.1) is 0 Å². The molecule has 2 atom stereocenters. The lowest BCUT2D eigenvalue weighted by Gasteiger charge is -2.40. The maximum Gasteiger partial charge on any atom is 0.0499 e. The second kappa shape index (κ2) is 7.24. The number of nitrogens with two attached hydrogens (primary N) is 1. The van der Waals surface area contributed by atoms with Crippen LogP contribution in [-0.4, -0.2) is 24.0 Å². The van der Waals surface area contributed by atoms with Gasteiger partial charge in [-0.05, 0) is 50.8 Å². The highest BCUT2D eigenvalue weighted by Gasteiger charge is 2.28. The van der Waals surface area contributed by atoms with Gasteiger partial charge in [-0.25, -0.2) is 0 Å². The molecule has 112 valence electrons. The van der Waals surface area contributed by atoms with Crippen LogP contribution in [0.5, 0.6) is 0 Å². The highest BCUT2D eigenvalue weighted by Crippen LogP contribution is 2.30. The summed E-state index contributed by atoms with van der Waals surface area (Å²) in [6, 6.07) is 9.57. The Morgan fingerprint density at radius 3 is 2.25 bits per heavy atom. The average molecular weight is 274 g/mol. The molecule has 0 radical (unpaired) electrons. The Labute approximate surface area is 124 Å². The standard InChI is InChI=1S/C18H30N2/c1-4-15-10-12-20(13-11-15)18(17(19)5-2)16-8-6-14(3)7-9-16/h6-9,15,17-18H,4-5,10-13,19H2,1-3H3. The second-order valence-electron chi connectivity index (χ2n) is 6.32. The van der Waals surface area contributed by atoms with E-state index in [0.29, 0.717) is 6.04 Å². The van der Waals surface area contributed by atoms with Crippen molar-refractivity contribution in [2.45, 2.75) is 58.5 Å². The molecular formula is C18H30N2. The fourth-order valence-corrected chi connectivity index (χ4v) is 3.36. The third kappa shape index (κ3) is 3.62. The Kier molecular flexibility index (Phi) is 5.62. The number of hydrogen-bond acceptors (Lipinski definition) is 2. The van der Waals surface area contributed by atoms with Gasteiger partial charge in [-0.3, -0.25) is 4.90 Å². The minimum Gasteiger partial charge on any atom is -0.326 e. The van der Waals surface area contributed by atoms with Crippen molar-refractivity contribution in [1.29, 1.82) is 0 Å². The summed E-state index contributed by atoms with van der Waals surface area (Å²) in [7, 11) is 0. The summed E-state index contributed by atoms with van der Waals surface area (Å²) in [5.74, 6) is 0.919. The van der Waals surface area contributed by atoms with Gasteiger partial charge in [0.05, 0.1) is 0 Å². The van der Waals surface area contributed by atoms with Crippen LogP contribution < -0.4 is 5.73 Å². The molecule has 1 aromatic carbocycles. The van der Waals surface area contributed by atoms with Gasteiger partial charge < -0.3 is 5.73 Å². The molecule has 2 nitrogen and oxygen atoms in total. The predicted molar refractivity (Wildman–Crippen MR) is 86.8 cm³/mol. The summed E-state index contributed by atoms with van der Waals surface area (Å²) in [6.45, 7) is 9.06. The molecule has 2 unspecified atom stereocenters. The zero-order valence-electron chi connectivity index (χ0n) is 13.3. The van der Waals surface area contributed by atoms with E-state index in [2.05, 4.69) is 49.9 Å². The van der Waals surface area contributed by atoms with Crippen LogP contribution in [0.25, 0.3) is 0 Å². The molecule has 2 heteroatoms. The molecule has 2 rings (SSSR count). The third-order valence-corrected chi connectivity index (χ3v) is 4.92. The summed E-state index contributed by atoms with van der Waals surface area (Å²) < 4.78 is 0. The van der Waals surface area contributed by atoms with Crippen LogP contribution in [0.4, 0.5) is 0 Å². The van der Waals surface area contributed by atoms with Crippen LogP contribution in [0.1, 0.15) is 56.7 Å². The Balaban J connectivity index is 2.14. The van der Waals surface area contributed by atoms with Crippen molar-refractivity contribution < 1.29 is 0 Å². The van der Waals surface area contributed by atoms with Gasteiger partial charge in [0.1, 0.15) is 0 Å². The molecule has 0 aliphatic carbocycles. The van der Waals surface area contributed by atoms with Crippen LogP contribution in [-0.2, 0) is 0 Å². The van der Waals surface area contributed by atoms with Gasteiger partial charge in [-0.2, -0.15) is 0 Å². The lowest BCUT2D eigenvalue weighted by Crippen LogP contribution is -2.44.